The first-order valence-electron chi connectivity index (χ1n) is 4.19. The number of aromatic nitrogens is 2. The van der Waals surface area contributed by atoms with Gasteiger partial charge < -0.3 is 15.0 Å². The first-order chi connectivity index (χ1) is 6.94. The molecule has 7 heteroatoms. The summed E-state index contributed by atoms with van der Waals surface area (Å²) < 4.78 is 26.6. The highest BCUT2D eigenvalue weighted by atomic mass is 19.3. The molecule has 1 aromatic rings. The molecule has 0 bridgehead atoms. The second-order valence-corrected chi connectivity index (χ2v) is 3.12. The Hall–Kier alpha value is -1.50. The molecule has 1 aromatic heterocycles. The monoisotopic (exact) mass is 219 g/mol. The molecule has 0 radical (unpaired) electrons. The number of halogens is 2. The van der Waals surface area contributed by atoms with Gasteiger partial charge >= 0.3 is 0 Å². The molecular formula is C8H11F2N3O2. The maximum atomic E-state index is 12.5. The first kappa shape index (κ1) is 11.6. The van der Waals surface area contributed by atoms with Gasteiger partial charge in [0.15, 0.2) is 0 Å². The third kappa shape index (κ3) is 3.28. The molecule has 0 saturated carbocycles. The summed E-state index contributed by atoms with van der Waals surface area (Å²) >= 11 is 0. The van der Waals surface area contributed by atoms with E-state index < -0.39 is 25.0 Å². The van der Waals surface area contributed by atoms with Gasteiger partial charge in [0, 0.05) is 13.2 Å². The summed E-state index contributed by atoms with van der Waals surface area (Å²) in [4.78, 5) is 14.9. The second kappa shape index (κ2) is 4.35. The molecule has 1 amide bonds. The van der Waals surface area contributed by atoms with E-state index in [1.807, 2.05) is 5.32 Å². The zero-order valence-corrected chi connectivity index (χ0v) is 8.07. The highest BCUT2D eigenvalue weighted by Gasteiger charge is 2.28. The SMILES string of the molecule is Cn1cnc(C(=O)NCC(F)(F)CO)c1. The van der Waals surface area contributed by atoms with Crippen molar-refractivity contribution in [2.24, 2.45) is 7.05 Å². The first-order valence-corrected chi connectivity index (χ1v) is 4.19. The predicted molar refractivity (Wildman–Crippen MR) is 47.6 cm³/mol. The van der Waals surface area contributed by atoms with Crippen molar-refractivity contribution in [1.29, 1.82) is 0 Å². The molecule has 5 nitrogen and oxygen atoms in total. The number of aliphatic hydroxyl groups is 1. The topological polar surface area (TPSA) is 67.2 Å². The predicted octanol–water partition coefficient (Wildman–Crippen LogP) is -0.223. The average Bonchev–Trinajstić information content (AvgIpc) is 2.61. The fourth-order valence-corrected chi connectivity index (χ4v) is 0.886. The normalized spacial score (nSPS) is 11.5. The van der Waals surface area contributed by atoms with Crippen LogP contribution >= 0.6 is 0 Å². The minimum atomic E-state index is -3.30. The Morgan fingerprint density at radius 2 is 2.40 bits per heavy atom. The van der Waals surface area contributed by atoms with Crippen molar-refractivity contribution in [2.45, 2.75) is 5.92 Å². The number of hydrogen-bond acceptors (Lipinski definition) is 3. The van der Waals surface area contributed by atoms with Crippen molar-refractivity contribution < 1.29 is 18.7 Å². The van der Waals surface area contributed by atoms with Crippen LogP contribution in [0, 0.1) is 0 Å². The molecule has 0 aromatic carbocycles. The summed E-state index contributed by atoms with van der Waals surface area (Å²) in [7, 11) is 1.66. The smallest absolute Gasteiger partial charge is 0.287 e. The van der Waals surface area contributed by atoms with Crippen molar-refractivity contribution in [3.63, 3.8) is 0 Å². The molecule has 0 aliphatic rings. The van der Waals surface area contributed by atoms with E-state index in [0.717, 1.165) is 0 Å². The third-order valence-corrected chi connectivity index (χ3v) is 1.68. The maximum Gasteiger partial charge on any atom is 0.287 e. The lowest BCUT2D eigenvalue weighted by Crippen LogP contribution is -2.39. The number of carbonyl (C=O) groups excluding carboxylic acids is 1. The average molecular weight is 219 g/mol. The van der Waals surface area contributed by atoms with Crippen molar-refractivity contribution in [3.05, 3.63) is 18.2 Å². The fourth-order valence-electron chi connectivity index (χ4n) is 0.886. The Labute approximate surface area is 84.7 Å². The van der Waals surface area contributed by atoms with Gasteiger partial charge in [0.05, 0.1) is 12.9 Å². The Bertz CT molecular complexity index is 351. The minimum absolute atomic E-state index is 0.0613. The van der Waals surface area contributed by atoms with Crippen LogP contribution in [0.25, 0.3) is 0 Å². The van der Waals surface area contributed by atoms with Gasteiger partial charge in [0.25, 0.3) is 11.8 Å². The minimum Gasteiger partial charge on any atom is -0.390 e. The largest absolute Gasteiger partial charge is 0.390 e. The molecule has 2 N–H and O–H groups in total. The summed E-state index contributed by atoms with van der Waals surface area (Å²) in [5.74, 6) is -3.99. The lowest BCUT2D eigenvalue weighted by molar-refractivity contribution is -0.0462. The number of aryl methyl sites for hydroxylation is 1. The van der Waals surface area contributed by atoms with E-state index in [9.17, 15) is 13.6 Å². The summed E-state index contributed by atoms with van der Waals surface area (Å²) in [6.45, 7) is -2.20. The van der Waals surface area contributed by atoms with E-state index in [1.165, 1.54) is 17.1 Å². The van der Waals surface area contributed by atoms with Crippen molar-refractivity contribution in [2.75, 3.05) is 13.2 Å². The third-order valence-electron chi connectivity index (χ3n) is 1.68. The van der Waals surface area contributed by atoms with Crippen LogP contribution in [0.4, 0.5) is 8.78 Å². The lowest BCUT2D eigenvalue weighted by Gasteiger charge is -2.12. The van der Waals surface area contributed by atoms with E-state index in [2.05, 4.69) is 4.98 Å². The van der Waals surface area contributed by atoms with Crippen LogP contribution in [0.1, 0.15) is 10.5 Å². The quantitative estimate of drug-likeness (QED) is 0.735. The van der Waals surface area contributed by atoms with Crippen LogP contribution in [-0.2, 0) is 7.05 Å². The number of imidazole rings is 1. The van der Waals surface area contributed by atoms with Crippen molar-refractivity contribution >= 4 is 5.91 Å². The molecule has 1 rings (SSSR count). The number of nitrogens with zero attached hydrogens (tertiary/aromatic N) is 2. The number of aliphatic hydroxyl groups excluding tert-OH is 1. The maximum absolute atomic E-state index is 12.5. The molecular weight excluding hydrogens is 208 g/mol. The summed E-state index contributed by atoms with van der Waals surface area (Å²) in [5, 5.41) is 10.2. The van der Waals surface area contributed by atoms with Gasteiger partial charge in [0.2, 0.25) is 0 Å². The van der Waals surface area contributed by atoms with Crippen LogP contribution in [0.3, 0.4) is 0 Å². The van der Waals surface area contributed by atoms with E-state index in [4.69, 9.17) is 5.11 Å². The van der Waals surface area contributed by atoms with Crippen LogP contribution in [-0.4, -0.2) is 39.6 Å². The summed E-state index contributed by atoms with van der Waals surface area (Å²) in [6.07, 6.45) is 2.80. The van der Waals surface area contributed by atoms with Gasteiger partial charge in [0.1, 0.15) is 12.3 Å². The van der Waals surface area contributed by atoms with Gasteiger partial charge in [-0.15, -0.1) is 0 Å². The number of rotatable bonds is 4. The number of hydrogen-bond donors (Lipinski definition) is 2. The van der Waals surface area contributed by atoms with Gasteiger partial charge in [-0.2, -0.15) is 0 Å². The van der Waals surface area contributed by atoms with E-state index in [1.54, 1.807) is 7.05 Å². The molecule has 0 saturated heterocycles. The highest BCUT2D eigenvalue weighted by Crippen LogP contribution is 2.09. The molecule has 15 heavy (non-hydrogen) atoms. The van der Waals surface area contributed by atoms with Gasteiger partial charge in [-0.05, 0) is 0 Å². The molecule has 84 valence electrons. The Balaban J connectivity index is 2.50. The Morgan fingerprint density at radius 1 is 1.73 bits per heavy atom. The molecule has 0 unspecified atom stereocenters. The molecule has 1 heterocycles. The van der Waals surface area contributed by atoms with E-state index >= 15 is 0 Å². The van der Waals surface area contributed by atoms with E-state index in [0.29, 0.717) is 0 Å². The number of amides is 1. The van der Waals surface area contributed by atoms with Crippen LogP contribution in [0.15, 0.2) is 12.5 Å². The summed E-state index contributed by atoms with van der Waals surface area (Å²) in [6, 6.07) is 0. The van der Waals surface area contributed by atoms with Crippen LogP contribution in [0.5, 0.6) is 0 Å². The zero-order valence-electron chi connectivity index (χ0n) is 8.07. The molecule has 0 fully saturated rings. The highest BCUT2D eigenvalue weighted by molar-refractivity contribution is 5.92. The van der Waals surface area contributed by atoms with Crippen LogP contribution in [0.2, 0.25) is 0 Å². The van der Waals surface area contributed by atoms with Crippen molar-refractivity contribution in [3.8, 4) is 0 Å². The Kier molecular flexibility index (Phi) is 3.35. The van der Waals surface area contributed by atoms with Crippen molar-refractivity contribution in [1.82, 2.24) is 14.9 Å². The van der Waals surface area contributed by atoms with Gasteiger partial charge in [-0.25, -0.2) is 13.8 Å². The number of nitrogens with one attached hydrogen (secondary N) is 1. The standard InChI is InChI=1S/C8H11F2N3O2/c1-13-2-6(12-5-13)7(15)11-3-8(9,10)4-14/h2,5,14H,3-4H2,1H3,(H,11,15). The lowest BCUT2D eigenvalue weighted by atomic mass is 10.3. The number of alkyl halides is 2. The molecule has 0 spiro atoms. The molecule has 0 aliphatic carbocycles. The summed E-state index contributed by atoms with van der Waals surface area (Å²) in [5.41, 5.74) is 0.0613. The van der Waals surface area contributed by atoms with Gasteiger partial charge in [-0.3, -0.25) is 4.79 Å². The zero-order chi connectivity index (χ0) is 11.5. The molecule has 0 aliphatic heterocycles. The fraction of sp³-hybridized carbons (Fsp3) is 0.500. The second-order valence-electron chi connectivity index (χ2n) is 3.12. The Morgan fingerprint density at radius 3 is 2.87 bits per heavy atom. The molecule has 0 atom stereocenters. The number of carbonyl (C=O) groups is 1. The van der Waals surface area contributed by atoms with Gasteiger partial charge in [-0.1, -0.05) is 0 Å². The van der Waals surface area contributed by atoms with E-state index in [-0.39, 0.29) is 5.69 Å². The van der Waals surface area contributed by atoms with Crippen LogP contribution < -0.4 is 5.32 Å².